The van der Waals surface area contributed by atoms with E-state index in [1.807, 2.05) is 0 Å². The minimum atomic E-state index is -0.974. The molecule has 1 aromatic rings. The molecule has 0 aliphatic heterocycles. The van der Waals surface area contributed by atoms with Crippen molar-refractivity contribution >= 4 is 23.5 Å². The molecule has 2 rings (SSSR count). The summed E-state index contributed by atoms with van der Waals surface area (Å²) in [6.07, 6.45) is 3.73. The fourth-order valence-electron chi connectivity index (χ4n) is 3.23. The van der Waals surface area contributed by atoms with Gasteiger partial charge >= 0.3 is 5.97 Å². The van der Waals surface area contributed by atoms with Crippen LogP contribution in [0.1, 0.15) is 56.3 Å². The van der Waals surface area contributed by atoms with Crippen LogP contribution in [-0.2, 0) is 9.53 Å². The Balaban J connectivity index is 2.21. The van der Waals surface area contributed by atoms with Crippen molar-refractivity contribution in [2.45, 2.75) is 51.5 Å². The highest BCUT2D eigenvalue weighted by molar-refractivity contribution is 6.32. The van der Waals surface area contributed by atoms with Gasteiger partial charge in [0.2, 0.25) is 0 Å². The Kier molecular flexibility index (Phi) is 7.36. The summed E-state index contributed by atoms with van der Waals surface area (Å²) in [4.78, 5) is 25.0. The van der Waals surface area contributed by atoms with Gasteiger partial charge in [-0.3, -0.25) is 4.79 Å². The zero-order chi connectivity index (χ0) is 20.0. The summed E-state index contributed by atoms with van der Waals surface area (Å²) in [5, 5.41) is 3.14. The first kappa shape index (κ1) is 21.4. The zero-order valence-electron chi connectivity index (χ0n) is 16.4. The molecule has 0 spiro atoms. The lowest BCUT2D eigenvalue weighted by atomic mass is 9.97. The average molecular weight is 398 g/mol. The van der Waals surface area contributed by atoms with Crippen LogP contribution in [0.25, 0.3) is 0 Å². The van der Waals surface area contributed by atoms with E-state index in [2.05, 4.69) is 19.2 Å². The molecular formula is C20H28ClNO5. The van der Waals surface area contributed by atoms with E-state index in [0.717, 1.165) is 19.3 Å². The summed E-state index contributed by atoms with van der Waals surface area (Å²) >= 11 is 6.34. The Morgan fingerprint density at radius 1 is 1.22 bits per heavy atom. The molecule has 1 aliphatic carbocycles. The Hall–Kier alpha value is -1.95. The van der Waals surface area contributed by atoms with Crippen LogP contribution in [0.5, 0.6) is 11.5 Å². The van der Waals surface area contributed by atoms with Crippen molar-refractivity contribution in [3.8, 4) is 11.5 Å². The first-order chi connectivity index (χ1) is 12.8. The van der Waals surface area contributed by atoms with E-state index in [1.165, 1.54) is 20.3 Å². The molecule has 6 nitrogen and oxygen atoms in total. The molecule has 0 atom stereocenters. The Labute approximate surface area is 165 Å². The average Bonchev–Trinajstić information content (AvgIpc) is 3.11. The number of ether oxygens (including phenoxy) is 3. The minimum Gasteiger partial charge on any atom is -0.493 e. The molecule has 0 unspecified atom stereocenters. The van der Waals surface area contributed by atoms with Gasteiger partial charge in [0.1, 0.15) is 5.54 Å². The summed E-state index contributed by atoms with van der Waals surface area (Å²) in [7, 11) is 2.83. The van der Waals surface area contributed by atoms with Crippen LogP contribution >= 0.6 is 11.6 Å². The van der Waals surface area contributed by atoms with Gasteiger partial charge in [0.15, 0.2) is 11.5 Å². The third-order valence-electron chi connectivity index (χ3n) is 4.82. The Morgan fingerprint density at radius 3 is 2.44 bits per heavy atom. The number of halogens is 1. The summed E-state index contributed by atoms with van der Waals surface area (Å²) < 4.78 is 16.0. The highest BCUT2D eigenvalue weighted by Gasteiger charge is 2.43. The number of benzene rings is 1. The third kappa shape index (κ3) is 5.06. The second kappa shape index (κ2) is 9.31. The fourth-order valence-corrected chi connectivity index (χ4v) is 3.50. The molecule has 1 saturated carbocycles. The fraction of sp³-hybridized carbons (Fsp3) is 0.600. The van der Waals surface area contributed by atoms with Gasteiger partial charge in [0, 0.05) is 5.56 Å². The van der Waals surface area contributed by atoms with Crippen molar-refractivity contribution in [3.05, 3.63) is 22.7 Å². The smallest absolute Gasteiger partial charge is 0.331 e. The van der Waals surface area contributed by atoms with Crippen LogP contribution in [-0.4, -0.2) is 38.2 Å². The molecule has 1 amide bonds. The molecule has 150 valence electrons. The molecule has 0 bridgehead atoms. The van der Waals surface area contributed by atoms with Crippen LogP contribution in [0.2, 0.25) is 5.02 Å². The van der Waals surface area contributed by atoms with Crippen LogP contribution < -0.4 is 14.8 Å². The number of rotatable bonds is 8. The lowest BCUT2D eigenvalue weighted by Gasteiger charge is -2.27. The van der Waals surface area contributed by atoms with Crippen molar-refractivity contribution in [2.75, 3.05) is 20.8 Å². The molecule has 0 saturated heterocycles. The highest BCUT2D eigenvalue weighted by atomic mass is 35.5. The standard InChI is InChI=1S/C20H28ClNO5/c1-13(2)7-10-27-17-15(21)11-14(12-16(17)25-3)18(23)22-20(19(24)26-4)8-5-6-9-20/h11-13H,5-10H2,1-4H3,(H,22,23). The zero-order valence-corrected chi connectivity index (χ0v) is 17.1. The second-order valence-corrected chi connectivity index (χ2v) is 7.66. The number of hydrogen-bond acceptors (Lipinski definition) is 5. The van der Waals surface area contributed by atoms with Crippen LogP contribution in [0.4, 0.5) is 0 Å². The number of esters is 1. The normalized spacial score (nSPS) is 15.5. The number of nitrogens with one attached hydrogen (secondary N) is 1. The Bertz CT molecular complexity index is 683. The van der Waals surface area contributed by atoms with E-state index in [4.69, 9.17) is 25.8 Å². The van der Waals surface area contributed by atoms with Crippen LogP contribution in [0.15, 0.2) is 12.1 Å². The van der Waals surface area contributed by atoms with Gasteiger partial charge in [-0.15, -0.1) is 0 Å². The van der Waals surface area contributed by atoms with Gasteiger partial charge < -0.3 is 19.5 Å². The summed E-state index contributed by atoms with van der Waals surface area (Å²) in [6.45, 7) is 4.72. The molecule has 1 aliphatic rings. The van der Waals surface area contributed by atoms with E-state index in [1.54, 1.807) is 6.07 Å². The highest BCUT2D eigenvalue weighted by Crippen LogP contribution is 2.37. The number of carbonyl (C=O) groups is 2. The van der Waals surface area contributed by atoms with E-state index >= 15 is 0 Å². The first-order valence-electron chi connectivity index (χ1n) is 9.24. The van der Waals surface area contributed by atoms with Crippen molar-refractivity contribution < 1.29 is 23.8 Å². The lowest BCUT2D eigenvalue weighted by Crippen LogP contribution is -2.53. The van der Waals surface area contributed by atoms with Crippen molar-refractivity contribution in [1.82, 2.24) is 5.32 Å². The summed E-state index contributed by atoms with van der Waals surface area (Å²) in [6, 6.07) is 3.11. The maximum Gasteiger partial charge on any atom is 0.331 e. The minimum absolute atomic E-state index is 0.293. The molecule has 0 heterocycles. The van der Waals surface area contributed by atoms with Gasteiger partial charge in [-0.05, 0) is 37.3 Å². The number of methoxy groups -OCH3 is 2. The number of amides is 1. The number of hydrogen-bond donors (Lipinski definition) is 1. The molecule has 0 radical (unpaired) electrons. The molecule has 0 aromatic heterocycles. The SMILES string of the molecule is COC(=O)C1(NC(=O)c2cc(Cl)c(OCCC(C)C)c(OC)c2)CCCC1. The van der Waals surface area contributed by atoms with Crippen molar-refractivity contribution in [3.63, 3.8) is 0 Å². The third-order valence-corrected chi connectivity index (χ3v) is 5.10. The molecule has 1 N–H and O–H groups in total. The Morgan fingerprint density at radius 2 is 1.89 bits per heavy atom. The monoisotopic (exact) mass is 397 g/mol. The molecule has 27 heavy (non-hydrogen) atoms. The second-order valence-electron chi connectivity index (χ2n) is 7.26. The van der Waals surface area contributed by atoms with Gasteiger partial charge in [-0.25, -0.2) is 4.79 Å². The molecule has 7 heteroatoms. The van der Waals surface area contributed by atoms with Crippen LogP contribution in [0, 0.1) is 5.92 Å². The number of carbonyl (C=O) groups excluding carboxylic acids is 2. The van der Waals surface area contributed by atoms with Crippen molar-refractivity contribution in [1.29, 1.82) is 0 Å². The van der Waals surface area contributed by atoms with E-state index in [0.29, 0.717) is 47.5 Å². The van der Waals surface area contributed by atoms with Crippen molar-refractivity contribution in [2.24, 2.45) is 5.92 Å². The molecule has 1 fully saturated rings. The van der Waals surface area contributed by atoms with E-state index in [-0.39, 0.29) is 0 Å². The predicted octanol–water partition coefficient (Wildman–Crippen LogP) is 3.99. The first-order valence-corrected chi connectivity index (χ1v) is 9.62. The van der Waals surface area contributed by atoms with Gasteiger partial charge in [0.25, 0.3) is 5.91 Å². The maximum absolute atomic E-state index is 12.8. The maximum atomic E-state index is 12.8. The van der Waals surface area contributed by atoms with Gasteiger partial charge in [0.05, 0.1) is 25.8 Å². The van der Waals surface area contributed by atoms with E-state index < -0.39 is 17.4 Å². The van der Waals surface area contributed by atoms with E-state index in [9.17, 15) is 9.59 Å². The van der Waals surface area contributed by atoms with Crippen LogP contribution in [0.3, 0.4) is 0 Å². The predicted molar refractivity (Wildman–Crippen MR) is 104 cm³/mol. The summed E-state index contributed by atoms with van der Waals surface area (Å²) in [5.74, 6) is 0.492. The topological polar surface area (TPSA) is 73.9 Å². The molecular weight excluding hydrogens is 370 g/mol. The molecule has 1 aromatic carbocycles. The quantitative estimate of drug-likeness (QED) is 0.671. The summed E-state index contributed by atoms with van der Waals surface area (Å²) in [5.41, 5.74) is -0.666. The van der Waals surface area contributed by atoms with Gasteiger partial charge in [-0.2, -0.15) is 0 Å². The lowest BCUT2D eigenvalue weighted by molar-refractivity contribution is -0.148. The van der Waals surface area contributed by atoms with Gasteiger partial charge in [-0.1, -0.05) is 38.3 Å². The largest absolute Gasteiger partial charge is 0.493 e.